The summed E-state index contributed by atoms with van der Waals surface area (Å²) >= 11 is 0. The summed E-state index contributed by atoms with van der Waals surface area (Å²) in [5.74, 6) is 0. The fourth-order valence-corrected chi connectivity index (χ4v) is 8.02. The van der Waals surface area contributed by atoms with Crippen molar-refractivity contribution in [2.75, 3.05) is 0 Å². The molecule has 222 valence electrons. The van der Waals surface area contributed by atoms with E-state index >= 15 is 0 Å². The van der Waals surface area contributed by atoms with E-state index in [1.54, 1.807) is 0 Å². The van der Waals surface area contributed by atoms with Crippen molar-refractivity contribution in [1.82, 2.24) is 4.57 Å². The minimum absolute atomic E-state index is 0.199. The lowest BCUT2D eigenvalue weighted by atomic mass is 9.87. The van der Waals surface area contributed by atoms with Gasteiger partial charge in [0.25, 0.3) is 0 Å². The molecular formula is C46H27NO. The molecule has 2 aromatic heterocycles. The number of nitrogens with zero attached hydrogens (tertiary/aromatic N) is 1. The highest BCUT2D eigenvalue weighted by molar-refractivity contribution is 6.29. The Hall–Kier alpha value is -6.38. The standard InChI is InChI=1S/C46H27NO/c1-2-9-28(10-3-1)33-21-17-29-20-24-36-34(22-18-30-19-23-35(33)43(29)44(30)36)31-11-8-12-32(27-31)47-39-15-6-4-13-37(39)45-40(47)25-26-42-46(45)38-14-5-7-16-41(38)48-42/h1-27H/i1D,2D,3D,9D,10D. The van der Waals surface area contributed by atoms with E-state index in [1.165, 1.54) is 10.8 Å². The lowest BCUT2D eigenvalue weighted by Crippen LogP contribution is -1.94. The molecule has 0 aliphatic rings. The molecule has 0 N–H and O–H groups in total. The van der Waals surface area contributed by atoms with Crippen molar-refractivity contribution in [1.29, 1.82) is 0 Å². The molecule has 11 aromatic rings. The molecule has 2 heterocycles. The molecule has 0 unspecified atom stereocenters. The third kappa shape index (κ3) is 3.46. The van der Waals surface area contributed by atoms with Gasteiger partial charge in [0.15, 0.2) is 0 Å². The van der Waals surface area contributed by atoms with Crippen molar-refractivity contribution in [3.63, 3.8) is 0 Å². The van der Waals surface area contributed by atoms with Crippen LogP contribution in [0, 0.1) is 0 Å². The van der Waals surface area contributed by atoms with Gasteiger partial charge in [-0.25, -0.2) is 0 Å². The first-order valence-electron chi connectivity index (χ1n) is 18.6. The molecule has 11 rings (SSSR count). The van der Waals surface area contributed by atoms with E-state index in [0.717, 1.165) is 82.1 Å². The number of hydrogen-bond donors (Lipinski definition) is 0. The van der Waals surface area contributed by atoms with Gasteiger partial charge in [-0.05, 0) is 91.0 Å². The van der Waals surface area contributed by atoms with Crippen molar-refractivity contribution in [2.45, 2.75) is 0 Å². The number of rotatable bonds is 3. The highest BCUT2D eigenvalue weighted by Crippen LogP contribution is 2.44. The van der Waals surface area contributed by atoms with Gasteiger partial charge >= 0.3 is 0 Å². The summed E-state index contributed by atoms with van der Waals surface area (Å²) in [4.78, 5) is 0. The van der Waals surface area contributed by atoms with Gasteiger partial charge in [0.2, 0.25) is 0 Å². The Labute approximate surface area is 283 Å². The van der Waals surface area contributed by atoms with Gasteiger partial charge in [-0.1, -0.05) is 127 Å². The van der Waals surface area contributed by atoms with Crippen LogP contribution in [0.1, 0.15) is 6.85 Å². The molecule has 0 atom stereocenters. The second-order valence-corrected chi connectivity index (χ2v) is 12.5. The third-order valence-corrected chi connectivity index (χ3v) is 10.0. The minimum atomic E-state index is -0.391. The topological polar surface area (TPSA) is 18.1 Å². The van der Waals surface area contributed by atoms with Crippen molar-refractivity contribution in [2.24, 2.45) is 0 Å². The van der Waals surface area contributed by atoms with Crippen LogP contribution in [0.3, 0.4) is 0 Å². The van der Waals surface area contributed by atoms with E-state index in [2.05, 4.69) is 108 Å². The smallest absolute Gasteiger partial charge is 0.136 e. The van der Waals surface area contributed by atoms with E-state index in [9.17, 15) is 0 Å². The Kier molecular flexibility index (Phi) is 4.27. The van der Waals surface area contributed by atoms with Crippen LogP contribution in [0.2, 0.25) is 0 Å². The summed E-state index contributed by atoms with van der Waals surface area (Å²) in [6.45, 7) is 0. The number of aromatic nitrogens is 1. The Morgan fingerprint density at radius 3 is 1.92 bits per heavy atom. The number of benzene rings is 9. The first-order chi connectivity index (χ1) is 25.9. The Morgan fingerprint density at radius 1 is 0.438 bits per heavy atom. The molecule has 0 radical (unpaired) electrons. The van der Waals surface area contributed by atoms with Crippen molar-refractivity contribution >= 4 is 76.1 Å². The minimum Gasteiger partial charge on any atom is -0.456 e. The van der Waals surface area contributed by atoms with Crippen LogP contribution in [-0.2, 0) is 0 Å². The zero-order valence-corrected chi connectivity index (χ0v) is 25.6. The molecule has 2 nitrogen and oxygen atoms in total. The number of fused-ring (bicyclic) bond motifs is 7. The molecule has 9 aromatic carbocycles. The normalized spacial score (nSPS) is 13.6. The van der Waals surface area contributed by atoms with Gasteiger partial charge in [-0.2, -0.15) is 0 Å². The molecule has 0 saturated carbocycles. The van der Waals surface area contributed by atoms with Gasteiger partial charge in [-0.15, -0.1) is 0 Å². The Bertz CT molecular complexity index is 3330. The molecule has 0 fully saturated rings. The quantitative estimate of drug-likeness (QED) is 0.181. The number of hydrogen-bond acceptors (Lipinski definition) is 1. The highest BCUT2D eigenvalue weighted by Gasteiger charge is 2.19. The summed E-state index contributed by atoms with van der Waals surface area (Å²) in [5.41, 5.74) is 8.04. The number of para-hydroxylation sites is 2. The van der Waals surface area contributed by atoms with Crippen LogP contribution < -0.4 is 0 Å². The van der Waals surface area contributed by atoms with Gasteiger partial charge in [0, 0.05) is 27.2 Å². The van der Waals surface area contributed by atoms with Crippen molar-refractivity contribution in [3.8, 4) is 27.9 Å². The van der Waals surface area contributed by atoms with Gasteiger partial charge in [0.05, 0.1) is 17.9 Å². The molecule has 2 heteroatoms. The zero-order valence-electron chi connectivity index (χ0n) is 30.6. The summed E-state index contributed by atoms with van der Waals surface area (Å²) in [6.07, 6.45) is 0. The van der Waals surface area contributed by atoms with E-state index in [-0.39, 0.29) is 29.7 Å². The van der Waals surface area contributed by atoms with Crippen LogP contribution in [0.4, 0.5) is 0 Å². The van der Waals surface area contributed by atoms with Crippen molar-refractivity contribution < 1.29 is 11.3 Å². The lowest BCUT2D eigenvalue weighted by Gasteiger charge is -2.17. The third-order valence-electron chi connectivity index (χ3n) is 10.0. The van der Waals surface area contributed by atoms with Crippen LogP contribution >= 0.6 is 0 Å². The second-order valence-electron chi connectivity index (χ2n) is 12.5. The summed E-state index contributed by atoms with van der Waals surface area (Å²) < 4.78 is 50.9. The lowest BCUT2D eigenvalue weighted by molar-refractivity contribution is 0.669. The number of furan rings is 1. The molecule has 0 amide bonds. The van der Waals surface area contributed by atoms with Crippen LogP contribution in [0.25, 0.3) is 104 Å². The van der Waals surface area contributed by atoms with Crippen LogP contribution in [-0.4, -0.2) is 4.57 Å². The fraction of sp³-hybridized carbons (Fsp3) is 0. The molecule has 0 spiro atoms. The Morgan fingerprint density at radius 2 is 1.12 bits per heavy atom. The summed E-state index contributed by atoms with van der Waals surface area (Å²) in [6, 6.07) is 44.9. The van der Waals surface area contributed by atoms with Crippen LogP contribution in [0.15, 0.2) is 168 Å². The van der Waals surface area contributed by atoms with E-state index in [4.69, 9.17) is 11.3 Å². The first kappa shape index (κ1) is 21.4. The molecule has 0 aliphatic carbocycles. The predicted molar refractivity (Wildman–Crippen MR) is 203 cm³/mol. The molecule has 0 aliphatic heterocycles. The SMILES string of the molecule is [2H]c1c([2H])c([2H])c(-c2ccc3ccc4c(-c5cccc(-n6c7ccccc7c7c8c(ccc76)oc6ccccc68)c5)ccc5ccc2c3c54)c([2H])c1[2H]. The molecule has 48 heavy (non-hydrogen) atoms. The fourth-order valence-electron chi connectivity index (χ4n) is 8.02. The highest BCUT2D eigenvalue weighted by atomic mass is 16.3. The van der Waals surface area contributed by atoms with E-state index in [0.29, 0.717) is 5.56 Å². The van der Waals surface area contributed by atoms with Gasteiger partial charge in [0.1, 0.15) is 11.2 Å². The van der Waals surface area contributed by atoms with Gasteiger partial charge in [-0.3, -0.25) is 0 Å². The largest absolute Gasteiger partial charge is 0.456 e. The maximum Gasteiger partial charge on any atom is 0.136 e. The van der Waals surface area contributed by atoms with Gasteiger partial charge < -0.3 is 8.98 Å². The second kappa shape index (κ2) is 9.57. The van der Waals surface area contributed by atoms with Crippen molar-refractivity contribution in [3.05, 3.63) is 164 Å². The zero-order chi connectivity index (χ0) is 35.7. The maximum absolute atomic E-state index is 8.72. The summed E-state index contributed by atoms with van der Waals surface area (Å²) in [7, 11) is 0. The maximum atomic E-state index is 8.72. The average Bonchev–Trinajstić information content (AvgIpc) is 3.74. The van der Waals surface area contributed by atoms with E-state index < -0.39 is 6.04 Å². The average molecular weight is 615 g/mol. The first-order valence-corrected chi connectivity index (χ1v) is 16.1. The van der Waals surface area contributed by atoms with Crippen LogP contribution in [0.5, 0.6) is 0 Å². The molecular weight excluding hydrogens is 583 g/mol. The monoisotopic (exact) mass is 614 g/mol. The summed E-state index contributed by atoms with van der Waals surface area (Å²) in [5, 5.41) is 10.7. The molecule has 0 bridgehead atoms. The Balaban J connectivity index is 1.15. The predicted octanol–water partition coefficient (Wildman–Crippen LogP) is 12.9. The molecule has 0 saturated heterocycles. The van der Waals surface area contributed by atoms with E-state index in [1.807, 2.05) is 30.3 Å².